The van der Waals surface area contributed by atoms with Gasteiger partial charge >= 0.3 is 0 Å². The molecule has 168 valence electrons. The summed E-state index contributed by atoms with van der Waals surface area (Å²) in [6, 6.07) is 12.4. The molecule has 0 radical (unpaired) electrons. The molecule has 0 aromatic heterocycles. The highest BCUT2D eigenvalue weighted by Crippen LogP contribution is 2.28. The third-order valence-electron chi connectivity index (χ3n) is 4.92. The molecule has 31 heavy (non-hydrogen) atoms. The average molecular weight is 510 g/mol. The Bertz CT molecular complexity index is 904. The number of rotatable bonds is 10. The molecule has 1 N–H and O–H groups in total. The highest BCUT2D eigenvalue weighted by Gasteiger charge is 2.29. The van der Waals surface area contributed by atoms with Crippen LogP contribution in [0.25, 0.3) is 0 Å². The molecule has 5 nitrogen and oxygen atoms in total. The molecule has 7 heteroatoms. The molecule has 2 rings (SSSR count). The Labute approximate surface area is 198 Å². The number of aryl methyl sites for hydroxylation is 1. The Morgan fingerprint density at radius 2 is 1.90 bits per heavy atom. The maximum atomic E-state index is 13.2. The normalized spacial score (nSPS) is 11.8. The van der Waals surface area contributed by atoms with Crippen molar-refractivity contribution in [1.82, 2.24) is 10.2 Å². The highest BCUT2D eigenvalue weighted by atomic mass is 79.9. The van der Waals surface area contributed by atoms with Crippen LogP contribution < -0.4 is 10.1 Å². The van der Waals surface area contributed by atoms with Crippen molar-refractivity contribution in [2.45, 2.75) is 46.7 Å². The van der Waals surface area contributed by atoms with Crippen molar-refractivity contribution in [1.29, 1.82) is 0 Å². The van der Waals surface area contributed by atoms with Crippen molar-refractivity contribution >= 4 is 39.3 Å². The van der Waals surface area contributed by atoms with E-state index in [2.05, 4.69) is 21.2 Å². The largest absolute Gasteiger partial charge is 0.483 e. The van der Waals surface area contributed by atoms with Crippen molar-refractivity contribution < 1.29 is 14.3 Å². The van der Waals surface area contributed by atoms with Gasteiger partial charge in [0.1, 0.15) is 11.8 Å². The Balaban J connectivity index is 2.23. The van der Waals surface area contributed by atoms with Gasteiger partial charge in [-0.3, -0.25) is 9.59 Å². The van der Waals surface area contributed by atoms with Crippen LogP contribution in [0.5, 0.6) is 5.75 Å². The minimum Gasteiger partial charge on any atom is -0.483 e. The molecular formula is C24H30BrClN2O3. The number of hydrogen-bond donors (Lipinski definition) is 1. The zero-order valence-corrected chi connectivity index (χ0v) is 20.8. The summed E-state index contributed by atoms with van der Waals surface area (Å²) in [5.41, 5.74) is 2.07. The topological polar surface area (TPSA) is 58.6 Å². The Morgan fingerprint density at radius 1 is 1.19 bits per heavy atom. The van der Waals surface area contributed by atoms with Crippen molar-refractivity contribution in [3.8, 4) is 5.75 Å². The van der Waals surface area contributed by atoms with Crippen LogP contribution in [0, 0.1) is 12.8 Å². The number of ether oxygens (including phenoxy) is 1. The number of carbonyl (C=O) groups is 2. The third-order valence-corrected chi connectivity index (χ3v) is 5.77. The van der Waals surface area contributed by atoms with Gasteiger partial charge < -0.3 is 15.0 Å². The van der Waals surface area contributed by atoms with Crippen LogP contribution in [-0.4, -0.2) is 35.9 Å². The molecule has 0 fully saturated rings. The summed E-state index contributed by atoms with van der Waals surface area (Å²) in [7, 11) is 0. The average Bonchev–Trinajstić information content (AvgIpc) is 2.72. The summed E-state index contributed by atoms with van der Waals surface area (Å²) in [5, 5.41) is 3.53. The molecule has 0 aliphatic heterocycles. The van der Waals surface area contributed by atoms with Gasteiger partial charge in [-0.2, -0.15) is 0 Å². The van der Waals surface area contributed by atoms with Crippen molar-refractivity contribution in [3.63, 3.8) is 0 Å². The number of nitrogens with one attached hydrogen (secondary N) is 1. The fraction of sp³-hybridized carbons (Fsp3) is 0.417. The van der Waals surface area contributed by atoms with E-state index >= 15 is 0 Å². The maximum absolute atomic E-state index is 13.2. The van der Waals surface area contributed by atoms with Gasteiger partial charge in [0.2, 0.25) is 5.91 Å². The molecule has 0 saturated heterocycles. The number of halogens is 2. The van der Waals surface area contributed by atoms with E-state index in [9.17, 15) is 9.59 Å². The summed E-state index contributed by atoms with van der Waals surface area (Å²) < 4.78 is 6.41. The summed E-state index contributed by atoms with van der Waals surface area (Å²) in [6.07, 6.45) is 0.506. The van der Waals surface area contributed by atoms with Crippen LogP contribution in [-0.2, 0) is 16.1 Å². The summed E-state index contributed by atoms with van der Waals surface area (Å²) in [5.74, 6) is 0.445. The number of hydrogen-bond acceptors (Lipinski definition) is 3. The van der Waals surface area contributed by atoms with Gasteiger partial charge in [0, 0.05) is 18.1 Å². The molecule has 0 spiro atoms. The molecule has 0 aliphatic carbocycles. The van der Waals surface area contributed by atoms with Crippen LogP contribution >= 0.6 is 27.5 Å². The van der Waals surface area contributed by atoms with E-state index in [4.69, 9.17) is 16.3 Å². The van der Waals surface area contributed by atoms with E-state index < -0.39 is 6.04 Å². The van der Waals surface area contributed by atoms with Gasteiger partial charge in [-0.05, 0) is 64.5 Å². The first-order valence-electron chi connectivity index (χ1n) is 10.4. The van der Waals surface area contributed by atoms with Crippen LogP contribution in [0.4, 0.5) is 0 Å². The standard InChI is InChI=1S/C24H30BrClN2O3/c1-5-21(24(30)27-13-16(2)3)28(14-18-9-7-6-8-17(18)4)23(29)15-31-22-11-10-19(26)12-20(22)25/h6-12,16,21H,5,13-15H2,1-4H3,(H,27,30)/t21-/m0/s1. The second-order valence-corrected chi connectivity index (χ2v) is 9.17. The lowest BCUT2D eigenvalue weighted by Gasteiger charge is -2.31. The lowest BCUT2D eigenvalue weighted by Crippen LogP contribution is -2.50. The van der Waals surface area contributed by atoms with E-state index in [1.165, 1.54) is 0 Å². The predicted octanol–water partition coefficient (Wildman–Crippen LogP) is 5.37. The zero-order chi connectivity index (χ0) is 23.0. The lowest BCUT2D eigenvalue weighted by molar-refractivity contribution is -0.143. The lowest BCUT2D eigenvalue weighted by atomic mass is 10.1. The summed E-state index contributed by atoms with van der Waals surface area (Å²) >= 11 is 9.38. The number of nitrogens with zero attached hydrogens (tertiary/aromatic N) is 1. The Kier molecular flexibility index (Phi) is 9.85. The van der Waals surface area contributed by atoms with Crippen LogP contribution in [0.1, 0.15) is 38.3 Å². The first-order chi connectivity index (χ1) is 14.7. The first-order valence-corrected chi connectivity index (χ1v) is 11.6. The summed E-state index contributed by atoms with van der Waals surface area (Å²) in [6.45, 7) is 8.71. The first kappa shape index (κ1) is 25.2. The molecule has 0 heterocycles. The molecule has 2 amide bonds. The third kappa shape index (κ3) is 7.54. The Hall–Kier alpha value is -2.05. The molecule has 2 aromatic carbocycles. The van der Waals surface area contributed by atoms with Gasteiger partial charge in [-0.1, -0.05) is 56.6 Å². The van der Waals surface area contributed by atoms with Crippen molar-refractivity contribution in [2.75, 3.05) is 13.2 Å². The minimum atomic E-state index is -0.580. The number of amides is 2. The maximum Gasteiger partial charge on any atom is 0.261 e. The fourth-order valence-electron chi connectivity index (χ4n) is 3.13. The second kappa shape index (κ2) is 12.1. The molecule has 0 bridgehead atoms. The Morgan fingerprint density at radius 3 is 2.52 bits per heavy atom. The van der Waals surface area contributed by atoms with Crippen molar-refractivity contribution in [3.05, 3.63) is 63.1 Å². The zero-order valence-electron chi connectivity index (χ0n) is 18.5. The fourth-order valence-corrected chi connectivity index (χ4v) is 3.92. The molecule has 1 atom stereocenters. The molecule has 0 unspecified atom stereocenters. The predicted molar refractivity (Wildman–Crippen MR) is 128 cm³/mol. The van der Waals surface area contributed by atoms with Crippen LogP contribution in [0.3, 0.4) is 0 Å². The quantitative estimate of drug-likeness (QED) is 0.468. The van der Waals surface area contributed by atoms with E-state index in [-0.39, 0.29) is 18.4 Å². The van der Waals surface area contributed by atoms with E-state index in [0.717, 1.165) is 11.1 Å². The van der Waals surface area contributed by atoms with Gasteiger partial charge in [-0.25, -0.2) is 0 Å². The SMILES string of the molecule is CC[C@@H](C(=O)NCC(C)C)N(Cc1ccccc1C)C(=O)COc1ccc(Cl)cc1Br. The van der Waals surface area contributed by atoms with E-state index in [1.54, 1.807) is 23.1 Å². The smallest absolute Gasteiger partial charge is 0.261 e. The van der Waals surface area contributed by atoms with Crippen LogP contribution in [0.15, 0.2) is 46.9 Å². The number of benzene rings is 2. The summed E-state index contributed by atoms with van der Waals surface area (Å²) in [4.78, 5) is 27.7. The second-order valence-electron chi connectivity index (χ2n) is 7.87. The van der Waals surface area contributed by atoms with Gasteiger partial charge in [-0.15, -0.1) is 0 Å². The molecule has 0 saturated carbocycles. The van der Waals surface area contributed by atoms with Crippen LogP contribution in [0.2, 0.25) is 5.02 Å². The number of carbonyl (C=O) groups excluding carboxylic acids is 2. The van der Waals surface area contributed by atoms with E-state index in [1.807, 2.05) is 52.0 Å². The van der Waals surface area contributed by atoms with Gasteiger partial charge in [0.25, 0.3) is 5.91 Å². The minimum absolute atomic E-state index is 0.147. The molecule has 2 aromatic rings. The monoisotopic (exact) mass is 508 g/mol. The highest BCUT2D eigenvalue weighted by molar-refractivity contribution is 9.10. The molecule has 0 aliphatic rings. The molecular weight excluding hydrogens is 480 g/mol. The van der Waals surface area contributed by atoms with E-state index in [0.29, 0.717) is 40.7 Å². The van der Waals surface area contributed by atoms with Gasteiger partial charge in [0.15, 0.2) is 6.61 Å². The van der Waals surface area contributed by atoms with Crippen molar-refractivity contribution in [2.24, 2.45) is 5.92 Å². The van der Waals surface area contributed by atoms with Gasteiger partial charge in [0.05, 0.1) is 4.47 Å².